The smallest absolute Gasteiger partial charge is 0.419 e. The molecule has 3 aromatic rings. The van der Waals surface area contributed by atoms with Gasteiger partial charge in [-0.05, 0) is 47.5 Å². The maximum atomic E-state index is 14.1. The van der Waals surface area contributed by atoms with E-state index >= 15 is 0 Å². The van der Waals surface area contributed by atoms with Gasteiger partial charge in [-0.2, -0.15) is 13.2 Å². The van der Waals surface area contributed by atoms with E-state index in [0.29, 0.717) is 23.4 Å². The Balaban J connectivity index is 1.69. The molecule has 3 aromatic carbocycles. The molecule has 188 valence electrons. The van der Waals surface area contributed by atoms with Gasteiger partial charge in [-0.3, -0.25) is 9.59 Å². The van der Waals surface area contributed by atoms with Gasteiger partial charge in [0, 0.05) is 6.54 Å². The van der Waals surface area contributed by atoms with Crippen molar-refractivity contribution in [3.8, 4) is 5.75 Å². The molecule has 36 heavy (non-hydrogen) atoms. The normalized spacial score (nSPS) is 17.5. The van der Waals surface area contributed by atoms with E-state index in [1.165, 1.54) is 7.11 Å². The minimum atomic E-state index is -5.02. The van der Waals surface area contributed by atoms with Gasteiger partial charge in [0.05, 0.1) is 24.4 Å². The van der Waals surface area contributed by atoms with Crippen LogP contribution in [0.3, 0.4) is 0 Å². The van der Waals surface area contributed by atoms with Crippen LogP contribution < -0.4 is 10.1 Å². The second-order valence-corrected chi connectivity index (χ2v) is 8.06. The van der Waals surface area contributed by atoms with Crippen LogP contribution in [0.15, 0.2) is 60.7 Å². The number of hydrogen-bond acceptors (Lipinski definition) is 3. The Labute approximate surface area is 201 Å². The molecular formula is C25H18F6N2O3. The number of methoxy groups -OCH3 is 1. The average molecular weight is 508 g/mol. The molecule has 4 rings (SSSR count). The Morgan fingerprint density at radius 1 is 1.00 bits per heavy atom. The Hall–Kier alpha value is -4.02. The first-order valence-electron chi connectivity index (χ1n) is 10.6. The van der Waals surface area contributed by atoms with E-state index in [1.807, 2.05) is 0 Å². The molecule has 1 heterocycles. The van der Waals surface area contributed by atoms with Crippen LogP contribution in [0.1, 0.15) is 22.7 Å². The number of halogens is 6. The van der Waals surface area contributed by atoms with E-state index in [2.05, 4.69) is 5.32 Å². The number of β-lactam (4-membered cyclic amide) rings is 1. The first kappa shape index (κ1) is 25.1. The van der Waals surface area contributed by atoms with Gasteiger partial charge < -0.3 is 15.0 Å². The van der Waals surface area contributed by atoms with Gasteiger partial charge in [-0.15, -0.1) is 0 Å². The number of rotatable bonds is 6. The maximum absolute atomic E-state index is 14.1. The van der Waals surface area contributed by atoms with E-state index in [0.717, 1.165) is 29.2 Å². The predicted octanol–water partition coefficient (Wildman–Crippen LogP) is 5.47. The zero-order valence-electron chi connectivity index (χ0n) is 18.6. The first-order valence-corrected chi connectivity index (χ1v) is 10.6. The average Bonchev–Trinajstić information content (AvgIpc) is 2.83. The molecular weight excluding hydrogens is 490 g/mol. The van der Waals surface area contributed by atoms with Crippen LogP contribution in [-0.4, -0.2) is 23.8 Å². The number of carbonyl (C=O) groups is 2. The highest BCUT2D eigenvalue weighted by molar-refractivity contribution is 6.10. The highest BCUT2D eigenvalue weighted by atomic mass is 19.4. The molecule has 11 heteroatoms. The minimum Gasteiger partial charge on any atom is -0.497 e. The number of ether oxygens (including phenoxy) is 1. The van der Waals surface area contributed by atoms with E-state index in [-0.39, 0.29) is 12.1 Å². The Morgan fingerprint density at radius 3 is 2.33 bits per heavy atom. The van der Waals surface area contributed by atoms with Gasteiger partial charge >= 0.3 is 6.18 Å². The molecule has 1 aliphatic heterocycles. The van der Waals surface area contributed by atoms with Crippen LogP contribution in [0.2, 0.25) is 0 Å². The van der Waals surface area contributed by atoms with Crippen molar-refractivity contribution in [2.75, 3.05) is 12.4 Å². The molecule has 1 fully saturated rings. The summed E-state index contributed by atoms with van der Waals surface area (Å²) in [5, 5.41) is 2.12. The fourth-order valence-corrected chi connectivity index (χ4v) is 4.04. The fourth-order valence-electron chi connectivity index (χ4n) is 4.04. The largest absolute Gasteiger partial charge is 0.497 e. The van der Waals surface area contributed by atoms with Gasteiger partial charge in [0.15, 0.2) is 11.6 Å². The summed E-state index contributed by atoms with van der Waals surface area (Å²) >= 11 is 0. The van der Waals surface area contributed by atoms with Gasteiger partial charge in [-0.25, -0.2) is 13.2 Å². The molecule has 0 spiro atoms. The summed E-state index contributed by atoms with van der Waals surface area (Å²) in [6.45, 7) is -0.0790. The lowest BCUT2D eigenvalue weighted by Gasteiger charge is -2.46. The van der Waals surface area contributed by atoms with Crippen LogP contribution in [0.25, 0.3) is 0 Å². The topological polar surface area (TPSA) is 58.6 Å². The zero-order valence-corrected chi connectivity index (χ0v) is 18.6. The Kier molecular flexibility index (Phi) is 6.66. The summed E-state index contributed by atoms with van der Waals surface area (Å²) < 4.78 is 86.6. The lowest BCUT2D eigenvalue weighted by molar-refractivity contribution is -0.162. The summed E-state index contributed by atoms with van der Waals surface area (Å²) in [7, 11) is 1.46. The second-order valence-electron chi connectivity index (χ2n) is 8.06. The summed E-state index contributed by atoms with van der Waals surface area (Å²) in [4.78, 5) is 27.1. The van der Waals surface area contributed by atoms with Crippen molar-refractivity contribution in [1.29, 1.82) is 0 Å². The third kappa shape index (κ3) is 4.73. The van der Waals surface area contributed by atoms with Crippen molar-refractivity contribution in [1.82, 2.24) is 4.90 Å². The number of benzene rings is 3. The molecule has 5 nitrogen and oxygen atoms in total. The predicted molar refractivity (Wildman–Crippen MR) is 116 cm³/mol. The highest BCUT2D eigenvalue weighted by Gasteiger charge is 2.52. The Morgan fingerprint density at radius 2 is 1.69 bits per heavy atom. The quantitative estimate of drug-likeness (QED) is 0.273. The van der Waals surface area contributed by atoms with Crippen molar-refractivity contribution in [3.63, 3.8) is 0 Å². The number of nitrogens with one attached hydrogen (secondary N) is 1. The van der Waals surface area contributed by atoms with Crippen LogP contribution in [-0.2, 0) is 22.3 Å². The molecule has 2 amide bonds. The molecule has 0 radical (unpaired) electrons. The van der Waals surface area contributed by atoms with Crippen LogP contribution in [0, 0.1) is 23.4 Å². The van der Waals surface area contributed by atoms with Gasteiger partial charge in [0.25, 0.3) is 0 Å². The van der Waals surface area contributed by atoms with E-state index in [4.69, 9.17) is 4.74 Å². The molecule has 1 aliphatic rings. The van der Waals surface area contributed by atoms with Crippen molar-refractivity contribution in [2.24, 2.45) is 5.92 Å². The summed E-state index contributed by atoms with van der Waals surface area (Å²) in [6, 6.07) is 10.5. The Bertz CT molecular complexity index is 1310. The van der Waals surface area contributed by atoms with Crippen LogP contribution in [0.4, 0.5) is 32.0 Å². The maximum Gasteiger partial charge on any atom is 0.419 e. The van der Waals surface area contributed by atoms with Gasteiger partial charge in [-0.1, -0.05) is 24.3 Å². The summed E-state index contributed by atoms with van der Waals surface area (Å²) in [5.41, 5.74) is -1.65. The number of carbonyl (C=O) groups excluding carboxylic acids is 2. The minimum absolute atomic E-state index is 0.0790. The highest BCUT2D eigenvalue weighted by Crippen LogP contribution is 2.44. The second kappa shape index (κ2) is 9.56. The summed E-state index contributed by atoms with van der Waals surface area (Å²) in [5.74, 6) is -6.92. The third-order valence-corrected chi connectivity index (χ3v) is 5.84. The van der Waals surface area contributed by atoms with Crippen molar-refractivity contribution >= 4 is 17.5 Å². The van der Waals surface area contributed by atoms with E-state index in [1.54, 1.807) is 24.3 Å². The number of likely N-dealkylation sites (tertiary alicyclic amines) is 1. The molecule has 2 atom stereocenters. The molecule has 0 aliphatic carbocycles. The standard InChI is InChI=1S/C25H18F6N2O3/c1-36-15-8-5-13(6-9-15)12-33-22(14-7-10-17(26)16(11-14)25(29,30)31)20(24(33)35)23(34)32-19-4-2-3-18(27)21(19)28/h2-11,20,22H,12H2,1H3,(H,32,34). The number of anilines is 1. The number of hydrogen-bond donors (Lipinski definition) is 1. The lowest BCUT2D eigenvalue weighted by Crippen LogP contribution is -2.58. The molecule has 1 saturated heterocycles. The lowest BCUT2D eigenvalue weighted by atomic mass is 9.80. The van der Waals surface area contributed by atoms with Crippen molar-refractivity contribution in [2.45, 2.75) is 18.8 Å². The van der Waals surface area contributed by atoms with Crippen LogP contribution >= 0.6 is 0 Å². The van der Waals surface area contributed by atoms with Gasteiger partial charge in [0.2, 0.25) is 11.8 Å². The molecule has 0 saturated carbocycles. The zero-order chi connectivity index (χ0) is 26.2. The van der Waals surface area contributed by atoms with Crippen LogP contribution in [0.5, 0.6) is 5.75 Å². The van der Waals surface area contributed by atoms with Crippen molar-refractivity contribution in [3.05, 3.63) is 94.8 Å². The molecule has 1 N–H and O–H groups in total. The molecule has 0 aromatic heterocycles. The molecule has 2 unspecified atom stereocenters. The van der Waals surface area contributed by atoms with E-state index < -0.39 is 58.7 Å². The number of alkyl halides is 3. The summed E-state index contributed by atoms with van der Waals surface area (Å²) in [6.07, 6.45) is -5.02. The first-order chi connectivity index (χ1) is 17.0. The van der Waals surface area contributed by atoms with Crippen molar-refractivity contribution < 1.29 is 40.7 Å². The fraction of sp³-hybridized carbons (Fsp3) is 0.200. The molecule has 0 bridgehead atoms. The SMILES string of the molecule is COc1ccc(CN2C(=O)C(C(=O)Nc3cccc(F)c3F)C2c2ccc(F)c(C(F)(F)F)c2)cc1. The number of nitrogens with zero attached hydrogens (tertiary/aromatic N) is 1. The number of amides is 2. The third-order valence-electron chi connectivity index (χ3n) is 5.84. The van der Waals surface area contributed by atoms with Gasteiger partial charge in [0.1, 0.15) is 17.5 Å². The monoisotopic (exact) mass is 508 g/mol. The van der Waals surface area contributed by atoms with E-state index in [9.17, 15) is 35.9 Å².